The van der Waals surface area contributed by atoms with E-state index in [-0.39, 0.29) is 22.4 Å². The van der Waals surface area contributed by atoms with Gasteiger partial charge in [-0.1, -0.05) is 23.1 Å². The summed E-state index contributed by atoms with van der Waals surface area (Å²) in [7, 11) is -3.76. The summed E-state index contributed by atoms with van der Waals surface area (Å²) < 4.78 is 27.1. The predicted molar refractivity (Wildman–Crippen MR) is 108 cm³/mol. The molecule has 3 rings (SSSR count). The van der Waals surface area contributed by atoms with Crippen LogP contribution in [-0.2, 0) is 14.8 Å². The molecule has 0 spiro atoms. The zero-order valence-electron chi connectivity index (χ0n) is 14.7. The second-order valence-electron chi connectivity index (χ2n) is 5.43. The first-order valence-electron chi connectivity index (χ1n) is 8.05. The van der Waals surface area contributed by atoms with Crippen LogP contribution in [0.2, 0.25) is 0 Å². The van der Waals surface area contributed by atoms with Crippen LogP contribution in [0.15, 0.2) is 52.8 Å². The number of benzene rings is 1. The molecular weight excluding hydrogens is 420 g/mol. The highest BCUT2D eigenvalue weighted by molar-refractivity contribution is 7.99. The molecule has 0 aliphatic heterocycles. The lowest BCUT2D eigenvalue weighted by Gasteiger charge is -2.07. The van der Waals surface area contributed by atoms with Crippen molar-refractivity contribution in [2.75, 3.05) is 15.8 Å². The highest BCUT2D eigenvalue weighted by atomic mass is 32.2. The Kier molecular flexibility index (Phi) is 6.54. The number of anilines is 2. The zero-order chi connectivity index (χ0) is 20.0. The predicted octanol–water partition coefficient (Wildman–Crippen LogP) is 2.56. The Morgan fingerprint density at radius 1 is 1.14 bits per heavy atom. The van der Waals surface area contributed by atoms with Crippen LogP contribution < -0.4 is 10.0 Å². The van der Waals surface area contributed by atoms with Gasteiger partial charge >= 0.3 is 0 Å². The summed E-state index contributed by atoms with van der Waals surface area (Å²) in [5.41, 5.74) is 0.511. The third-order valence-electron chi connectivity index (χ3n) is 3.30. The molecule has 0 aliphatic carbocycles. The number of carbonyl (C=O) groups excluding carboxylic acids is 1. The summed E-state index contributed by atoms with van der Waals surface area (Å²) in [6.45, 7) is 1.73. The van der Waals surface area contributed by atoms with Crippen molar-refractivity contribution in [2.24, 2.45) is 0 Å². The standard InChI is InChI=1S/C16H16N6O3S3/c1-11-20-21-16(27-11)22-28(24,25)13-5-3-12(4-6-13)19-14(23)7-10-26-15-17-8-2-9-18-15/h2-6,8-9H,7,10H2,1H3,(H,19,23)(H,21,22). The Morgan fingerprint density at radius 3 is 2.50 bits per heavy atom. The fourth-order valence-corrected chi connectivity index (χ4v) is 4.61. The summed E-state index contributed by atoms with van der Waals surface area (Å²) in [4.78, 5) is 20.2. The van der Waals surface area contributed by atoms with Crippen molar-refractivity contribution < 1.29 is 13.2 Å². The smallest absolute Gasteiger partial charge is 0.263 e. The summed E-state index contributed by atoms with van der Waals surface area (Å²) in [6, 6.07) is 7.62. The molecule has 2 aromatic heterocycles. The van der Waals surface area contributed by atoms with Crippen molar-refractivity contribution in [3.63, 3.8) is 0 Å². The largest absolute Gasteiger partial charge is 0.326 e. The maximum atomic E-state index is 12.3. The molecule has 0 saturated heterocycles. The van der Waals surface area contributed by atoms with Gasteiger partial charge in [0.2, 0.25) is 11.0 Å². The van der Waals surface area contributed by atoms with E-state index in [0.29, 0.717) is 21.6 Å². The molecule has 0 bridgehead atoms. The van der Waals surface area contributed by atoms with E-state index in [2.05, 4.69) is 30.2 Å². The van der Waals surface area contributed by atoms with E-state index in [1.54, 1.807) is 25.4 Å². The van der Waals surface area contributed by atoms with Crippen LogP contribution in [-0.4, -0.2) is 40.2 Å². The van der Waals surface area contributed by atoms with Gasteiger partial charge in [-0.15, -0.1) is 10.2 Å². The number of aromatic nitrogens is 4. The number of aryl methyl sites for hydroxylation is 1. The lowest BCUT2D eigenvalue weighted by atomic mass is 10.3. The molecule has 0 fully saturated rings. The number of nitrogens with one attached hydrogen (secondary N) is 2. The highest BCUT2D eigenvalue weighted by Gasteiger charge is 2.16. The minimum Gasteiger partial charge on any atom is -0.326 e. The number of hydrogen-bond acceptors (Lipinski definition) is 9. The van der Waals surface area contributed by atoms with Crippen LogP contribution in [0.1, 0.15) is 11.4 Å². The van der Waals surface area contributed by atoms with Gasteiger partial charge in [0.1, 0.15) is 5.01 Å². The first kappa shape index (κ1) is 20.2. The van der Waals surface area contributed by atoms with E-state index in [4.69, 9.17) is 0 Å². The van der Waals surface area contributed by atoms with Crippen LogP contribution in [0.4, 0.5) is 10.8 Å². The Morgan fingerprint density at radius 2 is 1.86 bits per heavy atom. The van der Waals surface area contributed by atoms with Gasteiger partial charge < -0.3 is 5.32 Å². The lowest BCUT2D eigenvalue weighted by molar-refractivity contribution is -0.115. The SMILES string of the molecule is Cc1nnc(NS(=O)(=O)c2ccc(NC(=O)CCSc3ncccn3)cc2)s1. The molecule has 28 heavy (non-hydrogen) atoms. The van der Waals surface area contributed by atoms with Crippen molar-refractivity contribution in [1.82, 2.24) is 20.2 Å². The van der Waals surface area contributed by atoms with Gasteiger partial charge in [-0.3, -0.25) is 9.52 Å². The van der Waals surface area contributed by atoms with Gasteiger partial charge in [0.15, 0.2) is 5.16 Å². The van der Waals surface area contributed by atoms with Crippen molar-refractivity contribution in [3.8, 4) is 0 Å². The molecule has 0 aliphatic rings. The van der Waals surface area contributed by atoms with Crippen molar-refractivity contribution >= 4 is 49.8 Å². The number of thioether (sulfide) groups is 1. The molecule has 0 radical (unpaired) electrons. The van der Waals surface area contributed by atoms with Gasteiger partial charge in [0.05, 0.1) is 4.90 Å². The Labute approximate surface area is 170 Å². The van der Waals surface area contributed by atoms with E-state index in [1.165, 1.54) is 36.0 Å². The molecule has 0 unspecified atom stereocenters. The second kappa shape index (κ2) is 9.08. The average molecular weight is 437 g/mol. The molecule has 2 heterocycles. The number of rotatable bonds is 8. The third kappa shape index (κ3) is 5.71. The fraction of sp³-hybridized carbons (Fsp3) is 0.188. The molecule has 1 aromatic carbocycles. The molecule has 0 saturated carbocycles. The maximum absolute atomic E-state index is 12.3. The second-order valence-corrected chi connectivity index (χ2v) is 9.36. The minimum atomic E-state index is -3.76. The van der Waals surface area contributed by atoms with Crippen LogP contribution in [0.25, 0.3) is 0 Å². The van der Waals surface area contributed by atoms with Gasteiger partial charge in [-0.2, -0.15) is 0 Å². The third-order valence-corrected chi connectivity index (χ3v) is 6.41. The molecule has 0 atom stereocenters. The van der Waals surface area contributed by atoms with Crippen molar-refractivity contribution in [1.29, 1.82) is 0 Å². The lowest BCUT2D eigenvalue weighted by Crippen LogP contribution is -2.14. The normalized spacial score (nSPS) is 11.2. The van der Waals surface area contributed by atoms with Crippen molar-refractivity contribution in [2.45, 2.75) is 23.4 Å². The molecule has 12 heteroatoms. The summed E-state index contributed by atoms with van der Waals surface area (Å²) >= 11 is 2.53. The quantitative estimate of drug-likeness (QED) is 0.407. The summed E-state index contributed by atoms with van der Waals surface area (Å²) in [6.07, 6.45) is 3.57. The Hall–Kier alpha value is -2.57. The number of sulfonamides is 1. The van der Waals surface area contributed by atoms with E-state index < -0.39 is 10.0 Å². The molecule has 3 aromatic rings. The molecule has 1 amide bonds. The molecule has 9 nitrogen and oxygen atoms in total. The average Bonchev–Trinajstić information content (AvgIpc) is 3.07. The summed E-state index contributed by atoms with van der Waals surface area (Å²) in [5, 5.41) is 11.7. The van der Waals surface area contributed by atoms with E-state index in [0.717, 1.165) is 11.3 Å². The number of nitrogens with zero attached hydrogens (tertiary/aromatic N) is 4. The number of carbonyl (C=O) groups is 1. The summed E-state index contributed by atoms with van der Waals surface area (Å²) in [5.74, 6) is 0.356. The Bertz CT molecular complexity index is 1040. The molecular formula is C16H16N6O3S3. The number of hydrogen-bond donors (Lipinski definition) is 2. The topological polar surface area (TPSA) is 127 Å². The van der Waals surface area contributed by atoms with Crippen LogP contribution in [0.5, 0.6) is 0 Å². The van der Waals surface area contributed by atoms with Crippen LogP contribution in [0.3, 0.4) is 0 Å². The minimum absolute atomic E-state index is 0.0649. The fourth-order valence-electron chi connectivity index (χ4n) is 2.05. The van der Waals surface area contributed by atoms with Gasteiger partial charge in [0.25, 0.3) is 10.0 Å². The first-order chi connectivity index (χ1) is 13.4. The van der Waals surface area contributed by atoms with Crippen LogP contribution in [0, 0.1) is 6.92 Å². The first-order valence-corrected chi connectivity index (χ1v) is 11.3. The van der Waals surface area contributed by atoms with E-state index in [1.807, 2.05) is 0 Å². The van der Waals surface area contributed by atoms with E-state index in [9.17, 15) is 13.2 Å². The monoisotopic (exact) mass is 436 g/mol. The maximum Gasteiger partial charge on any atom is 0.263 e. The zero-order valence-corrected chi connectivity index (χ0v) is 17.1. The Balaban J connectivity index is 1.52. The van der Waals surface area contributed by atoms with Gasteiger partial charge in [0, 0.05) is 30.3 Å². The van der Waals surface area contributed by atoms with Crippen LogP contribution >= 0.6 is 23.1 Å². The number of amides is 1. The molecule has 146 valence electrons. The highest BCUT2D eigenvalue weighted by Crippen LogP contribution is 2.21. The van der Waals surface area contributed by atoms with Crippen molar-refractivity contribution in [3.05, 3.63) is 47.7 Å². The van der Waals surface area contributed by atoms with E-state index >= 15 is 0 Å². The van der Waals surface area contributed by atoms with Gasteiger partial charge in [-0.05, 0) is 37.3 Å². The molecule has 2 N–H and O–H groups in total. The van der Waals surface area contributed by atoms with Gasteiger partial charge in [-0.25, -0.2) is 18.4 Å².